The van der Waals surface area contributed by atoms with Crippen molar-refractivity contribution in [3.63, 3.8) is 0 Å². The first-order valence-corrected chi connectivity index (χ1v) is 8.83. The number of nitrogens with one attached hydrogen (secondary N) is 1. The Morgan fingerprint density at radius 1 is 1.12 bits per heavy atom. The third-order valence-corrected chi connectivity index (χ3v) is 4.65. The van der Waals surface area contributed by atoms with E-state index in [1.54, 1.807) is 18.3 Å². The predicted molar refractivity (Wildman–Crippen MR) is 106 cm³/mol. The lowest BCUT2D eigenvalue weighted by Gasteiger charge is -2.30. The van der Waals surface area contributed by atoms with Crippen LogP contribution in [0.15, 0.2) is 42.6 Å². The zero-order valence-corrected chi connectivity index (χ0v) is 15.3. The van der Waals surface area contributed by atoms with Crippen molar-refractivity contribution in [1.29, 1.82) is 0 Å². The smallest absolute Gasteiger partial charge is 0.227 e. The molecule has 26 heavy (non-hydrogen) atoms. The molecule has 0 atom stereocenters. The van der Waals surface area contributed by atoms with E-state index in [-0.39, 0.29) is 0 Å². The maximum atomic E-state index is 12.4. The number of rotatable bonds is 2. The fourth-order valence-corrected chi connectivity index (χ4v) is 3.48. The lowest BCUT2D eigenvalue weighted by molar-refractivity contribution is 0.915. The first kappa shape index (κ1) is 16.8. The topological polar surface area (TPSA) is 64.1 Å². The Morgan fingerprint density at radius 3 is 2.65 bits per heavy atom. The molecule has 5 nitrogen and oxygen atoms in total. The SMILES string of the molecule is Cc1cc(C)cc(Nc2ncc3c(n2)-c2ccc(Cl)cc2N([O-])CC3)c1. The predicted octanol–water partition coefficient (Wildman–Crippen LogP) is 5.02. The van der Waals surface area contributed by atoms with Crippen LogP contribution < -0.4 is 10.4 Å². The Kier molecular flexibility index (Phi) is 4.26. The summed E-state index contributed by atoms with van der Waals surface area (Å²) in [5, 5.41) is 17.2. The Labute approximate surface area is 157 Å². The van der Waals surface area contributed by atoms with Crippen molar-refractivity contribution in [1.82, 2.24) is 9.97 Å². The summed E-state index contributed by atoms with van der Waals surface area (Å²) in [6, 6.07) is 11.5. The maximum Gasteiger partial charge on any atom is 0.227 e. The van der Waals surface area contributed by atoms with E-state index in [2.05, 4.69) is 42.3 Å². The van der Waals surface area contributed by atoms with Crippen LogP contribution >= 0.6 is 11.6 Å². The van der Waals surface area contributed by atoms with Gasteiger partial charge >= 0.3 is 0 Å². The third-order valence-electron chi connectivity index (χ3n) is 4.41. The molecular weight excluding hydrogens is 348 g/mol. The summed E-state index contributed by atoms with van der Waals surface area (Å²) in [6.45, 7) is 4.46. The van der Waals surface area contributed by atoms with Crippen molar-refractivity contribution < 1.29 is 0 Å². The molecule has 1 aliphatic rings. The van der Waals surface area contributed by atoms with Crippen molar-refractivity contribution >= 4 is 28.9 Å². The van der Waals surface area contributed by atoms with Crippen molar-refractivity contribution in [2.75, 3.05) is 16.9 Å². The summed E-state index contributed by atoms with van der Waals surface area (Å²) in [7, 11) is 0. The molecule has 4 rings (SSSR count). The van der Waals surface area contributed by atoms with Gasteiger partial charge in [-0.2, -0.15) is 0 Å². The fraction of sp³-hybridized carbons (Fsp3) is 0.200. The number of benzene rings is 2. The van der Waals surface area contributed by atoms with E-state index in [9.17, 15) is 5.21 Å². The highest BCUT2D eigenvalue weighted by Crippen LogP contribution is 2.37. The summed E-state index contributed by atoms with van der Waals surface area (Å²) >= 11 is 6.08. The van der Waals surface area contributed by atoms with Gasteiger partial charge in [0.1, 0.15) is 0 Å². The Hall–Kier alpha value is -2.63. The van der Waals surface area contributed by atoms with Gasteiger partial charge in [-0.15, -0.1) is 0 Å². The van der Waals surface area contributed by atoms with Crippen molar-refractivity contribution in [2.24, 2.45) is 0 Å². The minimum Gasteiger partial charge on any atom is -0.758 e. The molecule has 3 aromatic rings. The molecule has 0 saturated heterocycles. The molecule has 0 spiro atoms. The van der Waals surface area contributed by atoms with Crippen molar-refractivity contribution in [3.05, 3.63) is 69.5 Å². The van der Waals surface area contributed by atoms with Gasteiger partial charge in [0.05, 0.1) is 5.69 Å². The van der Waals surface area contributed by atoms with E-state index in [0.29, 0.717) is 29.6 Å². The van der Waals surface area contributed by atoms with E-state index in [0.717, 1.165) is 27.6 Å². The van der Waals surface area contributed by atoms with Crippen LogP contribution in [0.3, 0.4) is 0 Å². The van der Waals surface area contributed by atoms with Crippen LogP contribution in [0.4, 0.5) is 17.3 Å². The molecule has 132 valence electrons. The van der Waals surface area contributed by atoms with Gasteiger partial charge in [-0.3, -0.25) is 0 Å². The molecule has 0 bridgehead atoms. The summed E-state index contributed by atoms with van der Waals surface area (Å²) in [5.74, 6) is 0.508. The molecule has 1 aromatic heterocycles. The van der Waals surface area contributed by atoms with Crippen LogP contribution in [-0.4, -0.2) is 16.5 Å². The van der Waals surface area contributed by atoms with Crippen LogP contribution in [0.25, 0.3) is 11.3 Å². The molecule has 0 amide bonds. The average molecular weight is 366 g/mol. The van der Waals surface area contributed by atoms with Gasteiger partial charge in [0.25, 0.3) is 0 Å². The van der Waals surface area contributed by atoms with Gasteiger partial charge in [0.15, 0.2) is 0 Å². The van der Waals surface area contributed by atoms with Crippen LogP contribution in [-0.2, 0) is 6.42 Å². The van der Waals surface area contributed by atoms with Crippen LogP contribution in [0.1, 0.15) is 16.7 Å². The van der Waals surface area contributed by atoms with E-state index in [4.69, 9.17) is 16.6 Å². The number of fused-ring (bicyclic) bond motifs is 3. The van der Waals surface area contributed by atoms with Crippen molar-refractivity contribution in [3.8, 4) is 11.3 Å². The second-order valence-electron chi connectivity index (χ2n) is 6.58. The Balaban J connectivity index is 1.77. The van der Waals surface area contributed by atoms with E-state index in [1.165, 1.54) is 11.1 Å². The van der Waals surface area contributed by atoms with Gasteiger partial charge in [-0.1, -0.05) is 17.7 Å². The zero-order valence-electron chi connectivity index (χ0n) is 14.6. The quantitative estimate of drug-likeness (QED) is 0.690. The minimum atomic E-state index is 0.355. The van der Waals surface area contributed by atoms with E-state index >= 15 is 0 Å². The monoisotopic (exact) mass is 365 g/mol. The lowest BCUT2D eigenvalue weighted by atomic mass is 10.1. The van der Waals surface area contributed by atoms with Gasteiger partial charge in [0.2, 0.25) is 5.95 Å². The molecule has 0 unspecified atom stereocenters. The lowest BCUT2D eigenvalue weighted by Crippen LogP contribution is -2.16. The van der Waals surface area contributed by atoms with Gasteiger partial charge in [-0.05, 0) is 67.3 Å². The highest BCUT2D eigenvalue weighted by molar-refractivity contribution is 6.31. The van der Waals surface area contributed by atoms with Gasteiger partial charge < -0.3 is 15.6 Å². The van der Waals surface area contributed by atoms with E-state index in [1.807, 2.05) is 6.07 Å². The number of nitrogens with zero attached hydrogens (tertiary/aromatic N) is 3. The molecule has 0 fully saturated rings. The van der Waals surface area contributed by atoms with Crippen molar-refractivity contribution in [2.45, 2.75) is 20.3 Å². The molecular formula is C20H18ClN4O-. The normalized spacial score (nSPS) is 13.0. The summed E-state index contributed by atoms with van der Waals surface area (Å²) in [6.07, 6.45) is 2.39. The average Bonchev–Trinajstić information content (AvgIpc) is 2.71. The van der Waals surface area contributed by atoms with Crippen LogP contribution in [0, 0.1) is 19.1 Å². The Morgan fingerprint density at radius 2 is 1.88 bits per heavy atom. The first-order valence-electron chi connectivity index (χ1n) is 8.45. The van der Waals surface area contributed by atoms with Crippen LogP contribution in [0.2, 0.25) is 5.02 Å². The maximum absolute atomic E-state index is 12.4. The van der Waals surface area contributed by atoms with E-state index < -0.39 is 0 Å². The second-order valence-corrected chi connectivity index (χ2v) is 7.02. The minimum absolute atomic E-state index is 0.355. The first-order chi connectivity index (χ1) is 12.5. The third kappa shape index (κ3) is 3.23. The largest absolute Gasteiger partial charge is 0.758 e. The summed E-state index contributed by atoms with van der Waals surface area (Å²) < 4.78 is 0. The molecule has 0 radical (unpaired) electrons. The molecule has 0 saturated carbocycles. The molecule has 1 aliphatic heterocycles. The second kappa shape index (κ2) is 6.59. The molecule has 1 N–H and O–H groups in total. The number of halogens is 1. The standard InChI is InChI=1S/C20H18ClN4O/c1-12-7-13(2)9-16(8-12)23-20-22-11-14-5-6-25(26)18-10-15(21)3-4-17(18)19(14)24-20/h3-4,7-11H,5-6H2,1-2H3,(H,22,23,24)/q-1. The number of hydrogen-bond acceptors (Lipinski definition) is 5. The van der Waals surface area contributed by atoms with Gasteiger partial charge in [0, 0.05) is 34.7 Å². The Bertz CT molecular complexity index is 969. The number of hydrogen-bond donors (Lipinski definition) is 1. The fourth-order valence-electron chi connectivity index (χ4n) is 3.31. The molecule has 2 heterocycles. The number of anilines is 3. The molecule has 0 aliphatic carbocycles. The number of aryl methyl sites for hydroxylation is 2. The molecule has 6 heteroatoms. The summed E-state index contributed by atoms with van der Waals surface area (Å²) in [4.78, 5) is 9.14. The van der Waals surface area contributed by atoms with Crippen LogP contribution in [0.5, 0.6) is 0 Å². The highest BCUT2D eigenvalue weighted by atomic mass is 35.5. The number of hydroxylamine groups is 1. The number of aromatic nitrogens is 2. The zero-order chi connectivity index (χ0) is 18.3. The van der Waals surface area contributed by atoms with Gasteiger partial charge in [-0.25, -0.2) is 9.97 Å². The summed E-state index contributed by atoms with van der Waals surface area (Å²) in [5.41, 5.74) is 6.34. The molecule has 2 aromatic carbocycles. The highest BCUT2D eigenvalue weighted by Gasteiger charge is 2.18.